The van der Waals surface area contributed by atoms with Gasteiger partial charge >= 0.3 is 0 Å². The van der Waals surface area contributed by atoms with Crippen molar-refractivity contribution in [1.82, 2.24) is 9.97 Å². The Morgan fingerprint density at radius 1 is 1.07 bits per heavy atom. The van der Waals surface area contributed by atoms with Crippen LogP contribution in [0.15, 0.2) is 16.5 Å². The largest absolute Gasteiger partial charge is 0.440 e. The van der Waals surface area contributed by atoms with Gasteiger partial charge in [-0.3, -0.25) is 4.79 Å². The number of aromatic nitrogens is 2. The van der Waals surface area contributed by atoms with Gasteiger partial charge in [-0.05, 0) is 6.07 Å². The molecule has 0 saturated carbocycles. The highest BCUT2D eigenvalue weighted by molar-refractivity contribution is 6.28. The van der Waals surface area contributed by atoms with E-state index in [0.717, 1.165) is 41.0 Å². The minimum Gasteiger partial charge on any atom is -0.440 e. The molecule has 1 amide bonds. The second-order valence-corrected chi connectivity index (χ2v) is 8.23. The zero-order valence-electron chi connectivity index (χ0n) is 16.0. The van der Waals surface area contributed by atoms with E-state index in [0.29, 0.717) is 30.3 Å². The molecule has 1 aromatic carbocycles. The molecule has 5 rings (SSSR count). The van der Waals surface area contributed by atoms with Crippen LogP contribution in [0.3, 0.4) is 0 Å². The number of amides is 1. The first-order valence-corrected chi connectivity index (χ1v) is 9.24. The third-order valence-corrected chi connectivity index (χ3v) is 5.28. The topological polar surface area (TPSA) is 71.7 Å². The summed E-state index contributed by atoms with van der Waals surface area (Å²) in [6, 6.07) is 3.81. The molecule has 7 heteroatoms. The summed E-state index contributed by atoms with van der Waals surface area (Å²) in [6.45, 7) is 9.06. The van der Waals surface area contributed by atoms with E-state index in [9.17, 15) is 4.79 Å². The number of benzene rings is 1. The molecule has 2 aromatic heterocycles. The van der Waals surface area contributed by atoms with E-state index in [-0.39, 0.29) is 11.3 Å². The highest BCUT2D eigenvalue weighted by Gasteiger charge is 2.33. The predicted octanol–water partition coefficient (Wildman–Crippen LogP) is 3.10. The van der Waals surface area contributed by atoms with Crippen LogP contribution in [0.4, 0.5) is 11.5 Å². The standard InChI is InChI=1S/C20H22N4O3/c1-20(2,3)19-22-16-13(27-19)10-12-15-11(18(25)23(12)4)9-14(21-17(15)16)24-5-7-26-8-6-24/h9-10H,5-8H2,1-4H3. The van der Waals surface area contributed by atoms with Crippen molar-refractivity contribution in [2.24, 2.45) is 0 Å². The molecule has 2 aliphatic rings. The molecule has 7 nitrogen and oxygen atoms in total. The Kier molecular flexibility index (Phi) is 3.31. The van der Waals surface area contributed by atoms with Gasteiger partial charge in [-0.1, -0.05) is 20.8 Å². The summed E-state index contributed by atoms with van der Waals surface area (Å²) in [5, 5.41) is 0.862. The van der Waals surface area contributed by atoms with Gasteiger partial charge in [-0.2, -0.15) is 0 Å². The summed E-state index contributed by atoms with van der Waals surface area (Å²) in [6.07, 6.45) is 0. The van der Waals surface area contributed by atoms with E-state index in [1.54, 1.807) is 11.9 Å². The lowest BCUT2D eigenvalue weighted by Gasteiger charge is -2.28. The van der Waals surface area contributed by atoms with Crippen LogP contribution in [-0.4, -0.2) is 49.2 Å². The lowest BCUT2D eigenvalue weighted by atomic mass is 9.97. The number of carbonyl (C=O) groups excluding carboxylic acids is 1. The molecule has 4 heterocycles. The number of oxazole rings is 1. The quantitative estimate of drug-likeness (QED) is 0.659. The van der Waals surface area contributed by atoms with Crippen LogP contribution < -0.4 is 9.80 Å². The number of carbonyl (C=O) groups is 1. The molecule has 0 N–H and O–H groups in total. The molecule has 1 saturated heterocycles. The summed E-state index contributed by atoms with van der Waals surface area (Å²) < 4.78 is 11.5. The first-order chi connectivity index (χ1) is 12.8. The fourth-order valence-corrected chi connectivity index (χ4v) is 3.76. The Bertz CT molecular complexity index is 1090. The number of hydrogen-bond donors (Lipinski definition) is 0. The third kappa shape index (κ3) is 2.34. The Hall–Kier alpha value is -2.67. The van der Waals surface area contributed by atoms with Crippen LogP contribution in [0, 0.1) is 0 Å². The fourth-order valence-electron chi connectivity index (χ4n) is 3.76. The number of anilines is 2. The van der Waals surface area contributed by atoms with Gasteiger partial charge in [-0.15, -0.1) is 0 Å². The number of morpholine rings is 1. The predicted molar refractivity (Wildman–Crippen MR) is 104 cm³/mol. The summed E-state index contributed by atoms with van der Waals surface area (Å²) in [5.41, 5.74) is 3.43. The second kappa shape index (κ2) is 5.42. The number of fused-ring (bicyclic) bond motifs is 2. The molecule has 0 aliphatic carbocycles. The van der Waals surface area contributed by atoms with Crippen LogP contribution >= 0.6 is 0 Å². The van der Waals surface area contributed by atoms with Crippen molar-refractivity contribution in [3.05, 3.63) is 23.6 Å². The van der Waals surface area contributed by atoms with Gasteiger partial charge in [0.05, 0.1) is 24.5 Å². The maximum absolute atomic E-state index is 12.8. The van der Waals surface area contributed by atoms with Gasteiger partial charge in [0, 0.05) is 37.0 Å². The molecule has 3 aromatic rings. The van der Waals surface area contributed by atoms with Gasteiger partial charge in [-0.25, -0.2) is 9.97 Å². The Morgan fingerprint density at radius 3 is 2.52 bits per heavy atom. The smallest absolute Gasteiger partial charge is 0.258 e. The number of pyridine rings is 1. The van der Waals surface area contributed by atoms with E-state index in [4.69, 9.17) is 19.1 Å². The average Bonchev–Trinajstić information content (AvgIpc) is 3.19. The van der Waals surface area contributed by atoms with Crippen molar-refractivity contribution in [1.29, 1.82) is 0 Å². The van der Waals surface area contributed by atoms with E-state index in [2.05, 4.69) is 25.7 Å². The van der Waals surface area contributed by atoms with Crippen molar-refractivity contribution in [3.63, 3.8) is 0 Å². The summed E-state index contributed by atoms with van der Waals surface area (Å²) in [7, 11) is 1.79. The molecule has 1 fully saturated rings. The van der Waals surface area contributed by atoms with Gasteiger partial charge in [0.1, 0.15) is 16.9 Å². The van der Waals surface area contributed by atoms with Crippen molar-refractivity contribution >= 4 is 39.4 Å². The fraction of sp³-hybridized carbons (Fsp3) is 0.450. The van der Waals surface area contributed by atoms with Crippen LogP contribution in [0.2, 0.25) is 0 Å². The minimum atomic E-state index is -0.206. The Morgan fingerprint density at radius 2 is 1.81 bits per heavy atom. The van der Waals surface area contributed by atoms with Gasteiger partial charge < -0.3 is 19.0 Å². The molecule has 2 aliphatic heterocycles. The highest BCUT2D eigenvalue weighted by atomic mass is 16.5. The Balaban J connectivity index is 1.82. The van der Waals surface area contributed by atoms with E-state index in [1.807, 2.05) is 12.1 Å². The first kappa shape index (κ1) is 16.5. The number of hydrogen-bond acceptors (Lipinski definition) is 6. The van der Waals surface area contributed by atoms with Crippen LogP contribution in [0.25, 0.3) is 22.0 Å². The SMILES string of the molecule is CN1C(=O)c2cc(N3CCOCC3)nc3c2c1cc1oc(C(C)(C)C)nc13. The molecule has 0 bridgehead atoms. The molecule has 0 unspecified atom stereocenters. The molecule has 0 atom stereocenters. The van der Waals surface area contributed by atoms with Gasteiger partial charge in [0.15, 0.2) is 5.58 Å². The zero-order chi connectivity index (χ0) is 18.9. The lowest BCUT2D eigenvalue weighted by molar-refractivity contribution is 0.0999. The maximum Gasteiger partial charge on any atom is 0.258 e. The molecule has 0 radical (unpaired) electrons. The van der Waals surface area contributed by atoms with Gasteiger partial charge in [0.25, 0.3) is 5.91 Å². The third-order valence-electron chi connectivity index (χ3n) is 5.28. The highest BCUT2D eigenvalue weighted by Crippen LogP contribution is 2.42. The van der Waals surface area contributed by atoms with Crippen molar-refractivity contribution in [2.45, 2.75) is 26.2 Å². The number of ether oxygens (including phenoxy) is 1. The minimum absolute atomic E-state index is 0.0180. The average molecular weight is 366 g/mol. The Labute approximate surface area is 156 Å². The normalized spacial score (nSPS) is 17.6. The van der Waals surface area contributed by atoms with E-state index < -0.39 is 0 Å². The van der Waals surface area contributed by atoms with Crippen LogP contribution in [-0.2, 0) is 10.2 Å². The molecular weight excluding hydrogens is 344 g/mol. The summed E-state index contributed by atoms with van der Waals surface area (Å²) >= 11 is 0. The van der Waals surface area contributed by atoms with Crippen molar-refractivity contribution in [3.8, 4) is 0 Å². The molecule has 27 heavy (non-hydrogen) atoms. The monoisotopic (exact) mass is 366 g/mol. The first-order valence-electron chi connectivity index (χ1n) is 9.24. The molecular formula is C20H22N4O3. The number of nitrogens with zero attached hydrogens (tertiary/aromatic N) is 4. The zero-order valence-corrected chi connectivity index (χ0v) is 16.0. The van der Waals surface area contributed by atoms with E-state index in [1.165, 1.54) is 0 Å². The van der Waals surface area contributed by atoms with Crippen molar-refractivity contribution in [2.75, 3.05) is 43.2 Å². The molecule has 0 spiro atoms. The van der Waals surface area contributed by atoms with Crippen molar-refractivity contribution < 1.29 is 13.9 Å². The van der Waals surface area contributed by atoms with Gasteiger partial charge in [0.2, 0.25) is 5.89 Å². The number of rotatable bonds is 1. The second-order valence-electron chi connectivity index (χ2n) is 8.23. The summed E-state index contributed by atoms with van der Waals surface area (Å²) in [4.78, 5) is 26.4. The maximum atomic E-state index is 12.8. The van der Waals surface area contributed by atoms with Crippen LogP contribution in [0.1, 0.15) is 37.0 Å². The summed E-state index contributed by atoms with van der Waals surface area (Å²) in [5.74, 6) is 1.45. The lowest BCUT2D eigenvalue weighted by Crippen LogP contribution is -2.36. The van der Waals surface area contributed by atoms with Crippen LogP contribution in [0.5, 0.6) is 0 Å². The van der Waals surface area contributed by atoms with E-state index >= 15 is 0 Å². The molecule has 140 valence electrons.